The highest BCUT2D eigenvalue weighted by atomic mass is 16.5. The fourth-order valence-electron chi connectivity index (χ4n) is 3.43. The molecule has 4 aromatic rings. The van der Waals surface area contributed by atoms with Crippen LogP contribution in [0.3, 0.4) is 0 Å². The van der Waals surface area contributed by atoms with E-state index in [1.165, 1.54) is 6.07 Å². The molecule has 30 heavy (non-hydrogen) atoms. The van der Waals surface area contributed by atoms with Gasteiger partial charge >= 0.3 is 5.63 Å². The van der Waals surface area contributed by atoms with E-state index in [0.717, 1.165) is 39.1 Å². The van der Waals surface area contributed by atoms with E-state index in [1.807, 2.05) is 67.6 Å². The van der Waals surface area contributed by atoms with Crippen molar-refractivity contribution in [1.82, 2.24) is 0 Å². The lowest BCUT2D eigenvalue weighted by Crippen LogP contribution is -2.02. The van der Waals surface area contributed by atoms with Crippen molar-refractivity contribution in [3.8, 4) is 28.4 Å². The molecule has 0 fully saturated rings. The van der Waals surface area contributed by atoms with Gasteiger partial charge in [0, 0.05) is 17.0 Å². The lowest BCUT2D eigenvalue weighted by atomic mass is 10.00. The predicted octanol–water partition coefficient (Wildman–Crippen LogP) is 5.36. The first-order valence-electron chi connectivity index (χ1n) is 9.56. The quantitative estimate of drug-likeness (QED) is 0.406. The SMILES string of the molecule is COc1ccc(-c2cc(=O)oc3c(C)c(OCc4cccc(OC)c4)ccc23)cc1. The van der Waals surface area contributed by atoms with E-state index < -0.39 is 5.63 Å². The fourth-order valence-corrected chi connectivity index (χ4v) is 3.43. The van der Waals surface area contributed by atoms with E-state index in [9.17, 15) is 4.79 Å². The molecule has 5 nitrogen and oxygen atoms in total. The summed E-state index contributed by atoms with van der Waals surface area (Å²) >= 11 is 0. The maximum absolute atomic E-state index is 12.3. The van der Waals surface area contributed by atoms with Crippen LogP contribution >= 0.6 is 0 Å². The van der Waals surface area contributed by atoms with Crippen molar-refractivity contribution in [3.05, 3.63) is 88.3 Å². The summed E-state index contributed by atoms with van der Waals surface area (Å²) in [6.45, 7) is 2.27. The maximum atomic E-state index is 12.3. The summed E-state index contributed by atoms with van der Waals surface area (Å²) in [5, 5.41) is 0.853. The second kappa shape index (κ2) is 8.33. The molecular weight excluding hydrogens is 380 g/mol. The van der Waals surface area contributed by atoms with Crippen LogP contribution in [0.5, 0.6) is 17.2 Å². The minimum Gasteiger partial charge on any atom is -0.497 e. The Labute approximate surface area is 174 Å². The smallest absolute Gasteiger partial charge is 0.336 e. The van der Waals surface area contributed by atoms with E-state index >= 15 is 0 Å². The summed E-state index contributed by atoms with van der Waals surface area (Å²) < 4.78 is 22.0. The summed E-state index contributed by atoms with van der Waals surface area (Å²) in [6, 6.07) is 20.6. The first-order valence-corrected chi connectivity index (χ1v) is 9.56. The van der Waals surface area contributed by atoms with Crippen molar-refractivity contribution in [3.63, 3.8) is 0 Å². The highest BCUT2D eigenvalue weighted by Crippen LogP contribution is 2.34. The van der Waals surface area contributed by atoms with Crippen molar-refractivity contribution in [2.45, 2.75) is 13.5 Å². The average molecular weight is 402 g/mol. The molecule has 0 aliphatic rings. The van der Waals surface area contributed by atoms with Crippen LogP contribution in [-0.2, 0) is 6.61 Å². The van der Waals surface area contributed by atoms with E-state index in [2.05, 4.69) is 0 Å². The van der Waals surface area contributed by atoms with Crippen LogP contribution in [-0.4, -0.2) is 14.2 Å². The Morgan fingerprint density at radius 1 is 0.867 bits per heavy atom. The number of rotatable bonds is 6. The monoisotopic (exact) mass is 402 g/mol. The van der Waals surface area contributed by atoms with Gasteiger partial charge in [0.05, 0.1) is 14.2 Å². The van der Waals surface area contributed by atoms with Gasteiger partial charge in [-0.05, 0) is 60.0 Å². The highest BCUT2D eigenvalue weighted by molar-refractivity contribution is 5.95. The number of hydrogen-bond donors (Lipinski definition) is 0. The van der Waals surface area contributed by atoms with Crippen molar-refractivity contribution in [2.75, 3.05) is 14.2 Å². The van der Waals surface area contributed by atoms with Gasteiger partial charge in [0.1, 0.15) is 29.4 Å². The molecular formula is C25H22O5. The van der Waals surface area contributed by atoms with Crippen LogP contribution in [0.4, 0.5) is 0 Å². The van der Waals surface area contributed by atoms with Gasteiger partial charge in [-0.3, -0.25) is 0 Å². The summed E-state index contributed by atoms with van der Waals surface area (Å²) in [6.07, 6.45) is 0. The van der Waals surface area contributed by atoms with Gasteiger partial charge < -0.3 is 18.6 Å². The molecule has 0 atom stereocenters. The molecule has 0 amide bonds. The van der Waals surface area contributed by atoms with Gasteiger partial charge in [-0.1, -0.05) is 24.3 Å². The van der Waals surface area contributed by atoms with Gasteiger partial charge in [-0.25, -0.2) is 4.79 Å². The van der Waals surface area contributed by atoms with Crippen molar-refractivity contribution >= 4 is 11.0 Å². The molecule has 1 heterocycles. The van der Waals surface area contributed by atoms with Crippen LogP contribution in [0, 0.1) is 6.92 Å². The van der Waals surface area contributed by atoms with Crippen molar-refractivity contribution in [1.29, 1.82) is 0 Å². The largest absolute Gasteiger partial charge is 0.497 e. The van der Waals surface area contributed by atoms with Gasteiger partial charge in [0.25, 0.3) is 0 Å². The highest BCUT2D eigenvalue weighted by Gasteiger charge is 2.13. The van der Waals surface area contributed by atoms with Gasteiger partial charge in [0.2, 0.25) is 0 Å². The Kier molecular flexibility index (Phi) is 5.44. The fraction of sp³-hybridized carbons (Fsp3) is 0.160. The molecule has 0 saturated carbocycles. The Bertz CT molecular complexity index is 1240. The minimum atomic E-state index is -0.402. The topological polar surface area (TPSA) is 57.9 Å². The van der Waals surface area contributed by atoms with E-state index in [4.69, 9.17) is 18.6 Å². The molecule has 0 bridgehead atoms. The molecule has 3 aromatic carbocycles. The summed E-state index contributed by atoms with van der Waals surface area (Å²) in [7, 11) is 3.26. The number of methoxy groups -OCH3 is 2. The van der Waals surface area contributed by atoms with Crippen molar-refractivity contribution in [2.24, 2.45) is 0 Å². The number of benzene rings is 3. The summed E-state index contributed by atoms with van der Waals surface area (Å²) in [5.41, 5.74) is 3.62. The van der Waals surface area contributed by atoms with Gasteiger partial charge in [-0.2, -0.15) is 0 Å². The summed E-state index contributed by atoms with van der Waals surface area (Å²) in [4.78, 5) is 12.3. The third-order valence-corrected chi connectivity index (χ3v) is 5.04. The van der Waals surface area contributed by atoms with E-state index in [1.54, 1.807) is 14.2 Å². The van der Waals surface area contributed by atoms with E-state index in [-0.39, 0.29) is 0 Å². The zero-order chi connectivity index (χ0) is 21.1. The molecule has 0 spiro atoms. The van der Waals surface area contributed by atoms with Crippen LogP contribution in [0.15, 0.2) is 75.9 Å². The van der Waals surface area contributed by atoms with Gasteiger partial charge in [-0.15, -0.1) is 0 Å². The Balaban J connectivity index is 1.70. The third kappa shape index (κ3) is 3.87. The van der Waals surface area contributed by atoms with Crippen molar-refractivity contribution < 1.29 is 18.6 Å². The Hall–Kier alpha value is -3.73. The van der Waals surface area contributed by atoms with Gasteiger partial charge in [0.15, 0.2) is 0 Å². The Morgan fingerprint density at radius 3 is 2.37 bits per heavy atom. The zero-order valence-corrected chi connectivity index (χ0v) is 17.1. The molecule has 0 saturated heterocycles. The number of fused-ring (bicyclic) bond motifs is 1. The standard InChI is InChI=1S/C25H22O5/c1-16-23(29-15-17-5-4-6-20(13-17)28-3)12-11-21-22(14-24(26)30-25(16)21)18-7-9-19(27-2)10-8-18/h4-14H,15H2,1-3H3. The molecule has 0 aliphatic carbocycles. The lowest BCUT2D eigenvalue weighted by molar-refractivity contribution is 0.303. The van der Waals surface area contributed by atoms with Crippen LogP contribution in [0.1, 0.15) is 11.1 Å². The average Bonchev–Trinajstić information content (AvgIpc) is 2.78. The van der Waals surface area contributed by atoms with E-state index in [0.29, 0.717) is 17.9 Å². The zero-order valence-electron chi connectivity index (χ0n) is 17.1. The van der Waals surface area contributed by atoms with Crippen LogP contribution in [0.25, 0.3) is 22.1 Å². The number of hydrogen-bond acceptors (Lipinski definition) is 5. The maximum Gasteiger partial charge on any atom is 0.336 e. The predicted molar refractivity (Wildman–Crippen MR) is 117 cm³/mol. The minimum absolute atomic E-state index is 0.381. The normalized spacial score (nSPS) is 10.8. The molecule has 0 aliphatic heterocycles. The second-order valence-corrected chi connectivity index (χ2v) is 6.91. The number of ether oxygens (including phenoxy) is 3. The first kappa shape index (κ1) is 19.6. The molecule has 0 radical (unpaired) electrons. The molecule has 0 N–H and O–H groups in total. The molecule has 5 heteroatoms. The Morgan fingerprint density at radius 2 is 1.63 bits per heavy atom. The van der Waals surface area contributed by atoms with Crippen LogP contribution in [0.2, 0.25) is 0 Å². The molecule has 4 rings (SSSR count). The first-order chi connectivity index (χ1) is 14.6. The lowest BCUT2D eigenvalue weighted by Gasteiger charge is -2.13. The molecule has 152 valence electrons. The molecule has 0 unspecified atom stereocenters. The molecule has 1 aromatic heterocycles. The summed E-state index contributed by atoms with van der Waals surface area (Å²) in [5.74, 6) is 2.21. The third-order valence-electron chi connectivity index (χ3n) is 5.04. The second-order valence-electron chi connectivity index (χ2n) is 6.91. The number of aryl methyl sites for hydroxylation is 1. The van der Waals surface area contributed by atoms with Crippen LogP contribution < -0.4 is 19.8 Å².